The highest BCUT2D eigenvalue weighted by Crippen LogP contribution is 2.22. The van der Waals surface area contributed by atoms with Crippen LogP contribution in [0.3, 0.4) is 0 Å². The van der Waals surface area contributed by atoms with Crippen LogP contribution < -0.4 is 5.73 Å². The average Bonchev–Trinajstić information content (AvgIpc) is 2.42. The molecule has 106 valence electrons. The summed E-state index contributed by atoms with van der Waals surface area (Å²) in [6.07, 6.45) is 0.196. The molecule has 0 radical (unpaired) electrons. The van der Waals surface area contributed by atoms with E-state index in [4.69, 9.17) is 5.73 Å². The highest BCUT2D eigenvalue weighted by Gasteiger charge is 2.13. The summed E-state index contributed by atoms with van der Waals surface area (Å²) in [5.41, 5.74) is 6.02. The van der Waals surface area contributed by atoms with Crippen LogP contribution >= 0.6 is 27.7 Å². The summed E-state index contributed by atoms with van der Waals surface area (Å²) in [6.45, 7) is 0. The maximum absolute atomic E-state index is 13.5. The van der Waals surface area contributed by atoms with Crippen molar-refractivity contribution in [1.29, 1.82) is 0 Å². The molecule has 0 saturated carbocycles. The summed E-state index contributed by atoms with van der Waals surface area (Å²) in [7, 11) is 0. The lowest BCUT2D eigenvalue weighted by Crippen LogP contribution is -2.26. The molecule has 20 heavy (non-hydrogen) atoms. The van der Waals surface area contributed by atoms with E-state index in [1.807, 2.05) is 24.3 Å². The minimum atomic E-state index is -0.533. The Morgan fingerprint density at radius 2 is 1.65 bits per heavy atom. The Hall–Kier alpha value is -0.910. The molecule has 0 bridgehead atoms. The Kier molecular flexibility index (Phi) is 5.57. The topological polar surface area (TPSA) is 26.0 Å². The first-order valence-electron chi connectivity index (χ1n) is 6.13. The number of hydrogen-bond acceptors (Lipinski definition) is 2. The van der Waals surface area contributed by atoms with Gasteiger partial charge in [-0.25, -0.2) is 8.78 Å². The van der Waals surface area contributed by atoms with Crippen LogP contribution in [0.1, 0.15) is 5.56 Å². The second kappa shape index (κ2) is 7.20. The Bertz CT molecular complexity index is 554. The predicted molar refractivity (Wildman–Crippen MR) is 82.9 cm³/mol. The van der Waals surface area contributed by atoms with Crippen LogP contribution in [0.25, 0.3) is 0 Å². The van der Waals surface area contributed by atoms with Crippen molar-refractivity contribution in [3.63, 3.8) is 0 Å². The molecule has 0 amide bonds. The summed E-state index contributed by atoms with van der Waals surface area (Å²) in [5, 5.41) is 0. The Labute approximate surface area is 129 Å². The van der Waals surface area contributed by atoms with Crippen molar-refractivity contribution < 1.29 is 8.78 Å². The van der Waals surface area contributed by atoms with Gasteiger partial charge in [-0.2, -0.15) is 0 Å². The van der Waals surface area contributed by atoms with E-state index in [9.17, 15) is 8.78 Å². The van der Waals surface area contributed by atoms with Gasteiger partial charge < -0.3 is 5.73 Å². The largest absolute Gasteiger partial charge is 0.327 e. The molecule has 2 aromatic carbocycles. The van der Waals surface area contributed by atoms with Crippen LogP contribution in [0, 0.1) is 11.6 Å². The summed E-state index contributed by atoms with van der Waals surface area (Å²) in [5.74, 6) is -0.460. The molecule has 0 saturated heterocycles. The van der Waals surface area contributed by atoms with Crippen LogP contribution in [0.5, 0.6) is 0 Å². The highest BCUT2D eigenvalue weighted by atomic mass is 79.9. The third kappa shape index (κ3) is 4.30. The van der Waals surface area contributed by atoms with Gasteiger partial charge in [-0.1, -0.05) is 22.0 Å². The molecule has 2 N–H and O–H groups in total. The van der Waals surface area contributed by atoms with E-state index in [0.717, 1.165) is 9.37 Å². The highest BCUT2D eigenvalue weighted by molar-refractivity contribution is 9.10. The molecular formula is C15H14BrF2NS. The van der Waals surface area contributed by atoms with Gasteiger partial charge in [-0.05, 0) is 42.8 Å². The summed E-state index contributed by atoms with van der Waals surface area (Å²) >= 11 is 4.95. The molecule has 0 aliphatic rings. The van der Waals surface area contributed by atoms with Gasteiger partial charge in [-0.3, -0.25) is 0 Å². The van der Waals surface area contributed by atoms with E-state index in [-0.39, 0.29) is 18.0 Å². The minimum Gasteiger partial charge on any atom is -0.327 e. The van der Waals surface area contributed by atoms with Crippen LogP contribution in [0.15, 0.2) is 51.8 Å². The molecule has 0 heterocycles. The molecule has 5 heteroatoms. The zero-order chi connectivity index (χ0) is 14.5. The third-order valence-corrected chi connectivity index (χ3v) is 4.53. The Morgan fingerprint density at radius 3 is 2.25 bits per heavy atom. The van der Waals surface area contributed by atoms with Crippen molar-refractivity contribution in [2.75, 3.05) is 5.75 Å². The molecule has 1 nitrogen and oxygen atoms in total. The number of hydrogen-bond donors (Lipinski definition) is 1. The molecule has 1 unspecified atom stereocenters. The van der Waals surface area contributed by atoms with Gasteiger partial charge in [0.25, 0.3) is 0 Å². The van der Waals surface area contributed by atoms with Gasteiger partial charge >= 0.3 is 0 Å². The maximum Gasteiger partial charge on any atom is 0.129 e. The average molecular weight is 358 g/mol. The third-order valence-electron chi connectivity index (χ3n) is 2.81. The van der Waals surface area contributed by atoms with Crippen LogP contribution in [0.4, 0.5) is 8.78 Å². The smallest absolute Gasteiger partial charge is 0.129 e. The van der Waals surface area contributed by atoms with Gasteiger partial charge in [0, 0.05) is 26.7 Å². The normalized spacial score (nSPS) is 12.4. The lowest BCUT2D eigenvalue weighted by atomic mass is 10.1. The van der Waals surface area contributed by atoms with Crippen molar-refractivity contribution in [3.8, 4) is 0 Å². The van der Waals surface area contributed by atoms with Gasteiger partial charge in [0.15, 0.2) is 0 Å². The molecule has 0 spiro atoms. The summed E-state index contributed by atoms with van der Waals surface area (Å²) < 4.78 is 28.0. The van der Waals surface area contributed by atoms with Crippen molar-refractivity contribution in [1.82, 2.24) is 0 Å². The molecule has 0 aliphatic heterocycles. The van der Waals surface area contributed by atoms with Crippen LogP contribution in [-0.2, 0) is 6.42 Å². The predicted octanol–water partition coefficient (Wildman–Crippen LogP) is 4.39. The van der Waals surface area contributed by atoms with Crippen molar-refractivity contribution >= 4 is 27.7 Å². The Morgan fingerprint density at radius 1 is 1.05 bits per heavy atom. The van der Waals surface area contributed by atoms with E-state index in [1.54, 1.807) is 11.8 Å². The minimum absolute atomic E-state index is 0.0661. The van der Waals surface area contributed by atoms with E-state index >= 15 is 0 Å². The maximum atomic E-state index is 13.5. The van der Waals surface area contributed by atoms with E-state index in [2.05, 4.69) is 15.9 Å². The second-order valence-corrected chi connectivity index (χ2v) is 6.44. The first kappa shape index (κ1) is 15.5. The van der Waals surface area contributed by atoms with E-state index in [1.165, 1.54) is 18.2 Å². The van der Waals surface area contributed by atoms with E-state index in [0.29, 0.717) is 5.75 Å². The first-order valence-corrected chi connectivity index (χ1v) is 7.91. The van der Waals surface area contributed by atoms with Crippen molar-refractivity contribution in [2.45, 2.75) is 17.4 Å². The van der Waals surface area contributed by atoms with Crippen molar-refractivity contribution in [3.05, 3.63) is 64.1 Å². The molecule has 0 aromatic heterocycles. The standard InChI is InChI=1S/C15H14BrF2NS/c16-10-4-6-12(7-5-10)20-9-11(19)8-13-14(17)2-1-3-15(13)18/h1-7,11H,8-9,19H2. The lowest BCUT2D eigenvalue weighted by Gasteiger charge is -2.12. The number of benzene rings is 2. The number of thioether (sulfide) groups is 1. The monoisotopic (exact) mass is 357 g/mol. The summed E-state index contributed by atoms with van der Waals surface area (Å²) in [4.78, 5) is 1.08. The van der Waals surface area contributed by atoms with Crippen LogP contribution in [-0.4, -0.2) is 11.8 Å². The first-order chi connectivity index (χ1) is 9.56. The van der Waals surface area contributed by atoms with Gasteiger partial charge in [0.2, 0.25) is 0 Å². The van der Waals surface area contributed by atoms with E-state index < -0.39 is 11.6 Å². The lowest BCUT2D eigenvalue weighted by molar-refractivity contribution is 0.543. The molecular weight excluding hydrogens is 344 g/mol. The van der Waals surface area contributed by atoms with Gasteiger partial charge in [-0.15, -0.1) is 11.8 Å². The molecule has 0 fully saturated rings. The van der Waals surface area contributed by atoms with Gasteiger partial charge in [0.05, 0.1) is 0 Å². The number of rotatable bonds is 5. The molecule has 2 aromatic rings. The van der Waals surface area contributed by atoms with Crippen molar-refractivity contribution in [2.24, 2.45) is 5.73 Å². The van der Waals surface area contributed by atoms with Gasteiger partial charge in [0.1, 0.15) is 11.6 Å². The fraction of sp³-hybridized carbons (Fsp3) is 0.200. The number of halogens is 3. The quantitative estimate of drug-likeness (QED) is 0.803. The molecule has 2 rings (SSSR count). The fourth-order valence-electron chi connectivity index (χ4n) is 1.78. The molecule has 1 atom stereocenters. The van der Waals surface area contributed by atoms with Crippen LogP contribution in [0.2, 0.25) is 0 Å². The Balaban J connectivity index is 1.92. The summed E-state index contributed by atoms with van der Waals surface area (Å²) in [6, 6.07) is 11.4. The zero-order valence-electron chi connectivity index (χ0n) is 10.7. The fourth-order valence-corrected chi connectivity index (χ4v) is 2.90. The molecule has 0 aliphatic carbocycles. The zero-order valence-corrected chi connectivity index (χ0v) is 13.1. The number of nitrogens with two attached hydrogens (primary N) is 1. The second-order valence-electron chi connectivity index (χ2n) is 4.43. The SMILES string of the molecule is NC(CSc1ccc(Br)cc1)Cc1c(F)cccc1F.